The Labute approximate surface area is 146 Å². The molecule has 5 heteroatoms. The van der Waals surface area contributed by atoms with E-state index in [-0.39, 0.29) is 24.9 Å². The number of hydrogen-bond acceptors (Lipinski definition) is 4. The highest BCUT2D eigenvalue weighted by Crippen LogP contribution is 2.17. The van der Waals surface area contributed by atoms with Crippen LogP contribution in [-0.2, 0) is 20.7 Å². The van der Waals surface area contributed by atoms with Gasteiger partial charge in [0.2, 0.25) is 0 Å². The van der Waals surface area contributed by atoms with Gasteiger partial charge in [-0.25, -0.2) is 0 Å². The van der Waals surface area contributed by atoms with Gasteiger partial charge in [-0.1, -0.05) is 48.5 Å². The van der Waals surface area contributed by atoms with E-state index in [2.05, 4.69) is 5.32 Å². The molecule has 0 aliphatic rings. The van der Waals surface area contributed by atoms with E-state index in [0.29, 0.717) is 12.3 Å². The topological polar surface area (TPSA) is 55.4 Å². The molecule has 0 aromatic heterocycles. The molecule has 0 aliphatic heterocycles. The van der Waals surface area contributed by atoms with E-state index in [1.807, 2.05) is 60.7 Å². The molecule has 0 saturated carbocycles. The second-order valence-corrected chi connectivity index (χ2v) is 6.33. The fourth-order valence-electron chi connectivity index (χ4n) is 2.03. The van der Waals surface area contributed by atoms with E-state index in [9.17, 15) is 9.59 Å². The monoisotopic (exact) mass is 343 g/mol. The van der Waals surface area contributed by atoms with Crippen molar-refractivity contribution in [3.63, 3.8) is 0 Å². The number of rotatable bonds is 9. The Morgan fingerprint density at radius 1 is 0.958 bits per heavy atom. The number of nitrogens with one attached hydrogen (secondary N) is 1. The predicted molar refractivity (Wildman–Crippen MR) is 95.9 cm³/mol. The zero-order valence-corrected chi connectivity index (χ0v) is 14.3. The molecule has 126 valence electrons. The molecule has 0 spiro atoms. The van der Waals surface area contributed by atoms with Gasteiger partial charge >= 0.3 is 5.97 Å². The number of amides is 1. The van der Waals surface area contributed by atoms with Gasteiger partial charge in [0.05, 0.1) is 6.42 Å². The number of hydrogen-bond donors (Lipinski definition) is 1. The van der Waals surface area contributed by atoms with Crippen LogP contribution in [0, 0.1) is 0 Å². The van der Waals surface area contributed by atoms with Gasteiger partial charge < -0.3 is 10.1 Å². The average Bonchev–Trinajstić information content (AvgIpc) is 2.62. The zero-order chi connectivity index (χ0) is 17.0. The first-order valence-electron chi connectivity index (χ1n) is 7.88. The van der Waals surface area contributed by atoms with Crippen molar-refractivity contribution in [2.75, 3.05) is 18.9 Å². The lowest BCUT2D eigenvalue weighted by Gasteiger charge is -2.07. The van der Waals surface area contributed by atoms with Crippen molar-refractivity contribution in [1.29, 1.82) is 0 Å². The molecule has 0 radical (unpaired) electrons. The van der Waals surface area contributed by atoms with Gasteiger partial charge in [0.25, 0.3) is 5.91 Å². The molecule has 0 atom stereocenters. The summed E-state index contributed by atoms with van der Waals surface area (Å²) in [5, 5.41) is 2.75. The van der Waals surface area contributed by atoms with Crippen LogP contribution in [0.15, 0.2) is 65.6 Å². The molecule has 2 aromatic rings. The SMILES string of the molecule is O=C(COC(=O)CCSc1ccccc1)NCCc1ccccc1. The summed E-state index contributed by atoms with van der Waals surface area (Å²) >= 11 is 1.59. The summed E-state index contributed by atoms with van der Waals surface area (Å²) in [4.78, 5) is 24.4. The second kappa shape index (κ2) is 10.5. The van der Waals surface area contributed by atoms with Gasteiger partial charge in [-0.05, 0) is 24.1 Å². The van der Waals surface area contributed by atoms with Gasteiger partial charge in [0.1, 0.15) is 0 Å². The van der Waals surface area contributed by atoms with Gasteiger partial charge in [-0.2, -0.15) is 0 Å². The largest absolute Gasteiger partial charge is 0.456 e. The Bertz CT molecular complexity index is 574. The number of benzene rings is 2. The smallest absolute Gasteiger partial charge is 0.307 e. The maximum absolute atomic E-state index is 11.6. The predicted octanol–water partition coefficient (Wildman–Crippen LogP) is 3.07. The highest BCUT2D eigenvalue weighted by Gasteiger charge is 2.07. The van der Waals surface area contributed by atoms with Crippen molar-refractivity contribution >= 4 is 23.6 Å². The molecular formula is C19H21NO3S. The van der Waals surface area contributed by atoms with Crippen LogP contribution in [0.3, 0.4) is 0 Å². The first-order valence-corrected chi connectivity index (χ1v) is 8.87. The number of thioether (sulfide) groups is 1. The van der Waals surface area contributed by atoms with E-state index in [1.54, 1.807) is 11.8 Å². The maximum Gasteiger partial charge on any atom is 0.307 e. The highest BCUT2D eigenvalue weighted by molar-refractivity contribution is 7.99. The molecule has 2 aromatic carbocycles. The molecule has 0 unspecified atom stereocenters. The lowest BCUT2D eigenvalue weighted by atomic mass is 10.1. The summed E-state index contributed by atoms with van der Waals surface area (Å²) in [5.74, 6) is 0.0185. The van der Waals surface area contributed by atoms with E-state index in [4.69, 9.17) is 4.74 Å². The van der Waals surface area contributed by atoms with Crippen LogP contribution < -0.4 is 5.32 Å². The summed E-state index contributed by atoms with van der Waals surface area (Å²) in [5.41, 5.74) is 1.16. The Hall–Kier alpha value is -2.27. The Kier molecular flexibility index (Phi) is 7.90. The van der Waals surface area contributed by atoms with E-state index < -0.39 is 0 Å². The highest BCUT2D eigenvalue weighted by atomic mass is 32.2. The Morgan fingerprint density at radius 2 is 1.62 bits per heavy atom. The minimum absolute atomic E-state index is 0.219. The van der Waals surface area contributed by atoms with E-state index in [0.717, 1.165) is 16.9 Å². The second-order valence-electron chi connectivity index (χ2n) is 5.16. The van der Waals surface area contributed by atoms with Crippen molar-refractivity contribution in [2.24, 2.45) is 0 Å². The minimum atomic E-state index is -0.350. The summed E-state index contributed by atoms with van der Waals surface area (Å²) in [6.07, 6.45) is 1.05. The number of carbonyl (C=O) groups excluding carboxylic acids is 2. The van der Waals surface area contributed by atoms with Gasteiger partial charge in [-0.3, -0.25) is 9.59 Å². The van der Waals surface area contributed by atoms with Crippen LogP contribution in [0.25, 0.3) is 0 Å². The van der Waals surface area contributed by atoms with Crippen LogP contribution in [0.2, 0.25) is 0 Å². The van der Waals surface area contributed by atoms with E-state index in [1.165, 1.54) is 0 Å². The number of carbonyl (C=O) groups is 2. The third kappa shape index (κ3) is 7.33. The summed E-state index contributed by atoms with van der Waals surface area (Å²) < 4.78 is 4.98. The molecule has 0 fully saturated rings. The molecule has 0 heterocycles. The summed E-state index contributed by atoms with van der Waals surface area (Å²) in [7, 11) is 0. The molecule has 2 rings (SSSR count). The lowest BCUT2D eigenvalue weighted by Crippen LogP contribution is -2.30. The molecular weight excluding hydrogens is 322 g/mol. The molecule has 0 bridgehead atoms. The maximum atomic E-state index is 11.6. The van der Waals surface area contributed by atoms with Gasteiger partial charge in [-0.15, -0.1) is 11.8 Å². The molecule has 1 amide bonds. The molecule has 0 aliphatic carbocycles. The first-order chi connectivity index (χ1) is 11.7. The third-order valence-corrected chi connectivity index (χ3v) is 4.27. The standard InChI is InChI=1S/C19H21NO3S/c21-18(20-13-11-16-7-3-1-4-8-16)15-23-19(22)12-14-24-17-9-5-2-6-10-17/h1-10H,11-15H2,(H,20,21). The summed E-state index contributed by atoms with van der Waals surface area (Å²) in [6.45, 7) is 0.313. The quantitative estimate of drug-likeness (QED) is 0.562. The molecule has 4 nitrogen and oxygen atoms in total. The first kappa shape index (κ1) is 18.1. The van der Waals surface area contributed by atoms with Crippen molar-refractivity contribution in [3.05, 3.63) is 66.2 Å². The Morgan fingerprint density at radius 3 is 2.33 bits per heavy atom. The van der Waals surface area contributed by atoms with Crippen molar-refractivity contribution in [2.45, 2.75) is 17.7 Å². The lowest BCUT2D eigenvalue weighted by molar-refractivity contribution is -0.148. The van der Waals surface area contributed by atoms with E-state index >= 15 is 0 Å². The third-order valence-electron chi connectivity index (χ3n) is 3.26. The van der Waals surface area contributed by atoms with Crippen LogP contribution >= 0.6 is 11.8 Å². The minimum Gasteiger partial charge on any atom is -0.456 e. The molecule has 24 heavy (non-hydrogen) atoms. The fraction of sp³-hybridized carbons (Fsp3) is 0.263. The van der Waals surface area contributed by atoms with Gasteiger partial charge in [0.15, 0.2) is 6.61 Å². The normalized spacial score (nSPS) is 10.2. The van der Waals surface area contributed by atoms with Crippen LogP contribution in [0.4, 0.5) is 0 Å². The van der Waals surface area contributed by atoms with Crippen LogP contribution in [-0.4, -0.2) is 30.8 Å². The summed E-state index contributed by atoms with van der Waals surface area (Å²) in [6, 6.07) is 19.8. The van der Waals surface area contributed by atoms with Crippen molar-refractivity contribution < 1.29 is 14.3 Å². The van der Waals surface area contributed by atoms with Crippen LogP contribution in [0.5, 0.6) is 0 Å². The molecule has 0 saturated heterocycles. The fourth-order valence-corrected chi connectivity index (χ4v) is 2.88. The number of ether oxygens (including phenoxy) is 1. The Balaban J connectivity index is 1.53. The van der Waals surface area contributed by atoms with Crippen molar-refractivity contribution in [1.82, 2.24) is 5.32 Å². The average molecular weight is 343 g/mol. The van der Waals surface area contributed by atoms with Gasteiger partial charge in [0, 0.05) is 17.2 Å². The zero-order valence-electron chi connectivity index (χ0n) is 13.4. The molecule has 1 N–H and O–H groups in total. The van der Waals surface area contributed by atoms with Crippen LogP contribution in [0.1, 0.15) is 12.0 Å². The number of esters is 1. The van der Waals surface area contributed by atoms with Crippen molar-refractivity contribution in [3.8, 4) is 0 Å².